The Morgan fingerprint density at radius 2 is 1.76 bits per heavy atom. The molecule has 114 valence electrons. The molecule has 2 rings (SSSR count). The van der Waals surface area contributed by atoms with Crippen LogP contribution in [0, 0.1) is 12.7 Å². The molecule has 0 N–H and O–H groups in total. The third-order valence-corrected chi connectivity index (χ3v) is 5.14. The Labute approximate surface area is 124 Å². The molecule has 6 heteroatoms. The van der Waals surface area contributed by atoms with Crippen LogP contribution in [0.3, 0.4) is 0 Å². The van der Waals surface area contributed by atoms with Crippen molar-refractivity contribution in [1.82, 2.24) is 4.31 Å². The summed E-state index contributed by atoms with van der Waals surface area (Å²) in [5.41, 5.74) is 0. The number of furan rings is 1. The average Bonchev–Trinajstić information content (AvgIpc) is 2.81. The van der Waals surface area contributed by atoms with Gasteiger partial charge in [0, 0.05) is 6.04 Å². The van der Waals surface area contributed by atoms with Gasteiger partial charge in [-0.05, 0) is 57.2 Å². The van der Waals surface area contributed by atoms with Gasteiger partial charge in [0.25, 0.3) is 0 Å². The van der Waals surface area contributed by atoms with Crippen LogP contribution in [0.15, 0.2) is 45.7 Å². The zero-order valence-corrected chi connectivity index (χ0v) is 13.0. The summed E-state index contributed by atoms with van der Waals surface area (Å²) in [7, 11) is -3.70. The lowest BCUT2D eigenvalue weighted by atomic mass is 10.3. The van der Waals surface area contributed by atoms with Crippen molar-refractivity contribution >= 4 is 10.0 Å². The first kappa shape index (κ1) is 15.7. The van der Waals surface area contributed by atoms with Gasteiger partial charge in [0.2, 0.25) is 10.0 Å². The second-order valence-electron chi connectivity index (χ2n) is 5.11. The van der Waals surface area contributed by atoms with Crippen molar-refractivity contribution in [2.24, 2.45) is 0 Å². The van der Waals surface area contributed by atoms with Crippen LogP contribution in [-0.4, -0.2) is 18.8 Å². The highest BCUT2D eigenvalue weighted by Crippen LogP contribution is 2.22. The van der Waals surface area contributed by atoms with E-state index >= 15 is 0 Å². The Balaban J connectivity index is 2.34. The van der Waals surface area contributed by atoms with Crippen molar-refractivity contribution in [3.8, 4) is 0 Å². The van der Waals surface area contributed by atoms with Crippen molar-refractivity contribution in [2.75, 3.05) is 0 Å². The monoisotopic (exact) mass is 311 g/mol. The van der Waals surface area contributed by atoms with E-state index in [0.717, 1.165) is 17.9 Å². The maximum atomic E-state index is 13.0. The molecule has 21 heavy (non-hydrogen) atoms. The summed E-state index contributed by atoms with van der Waals surface area (Å²) in [4.78, 5) is 0.0703. The quantitative estimate of drug-likeness (QED) is 0.851. The van der Waals surface area contributed by atoms with Crippen molar-refractivity contribution < 1.29 is 17.2 Å². The number of halogens is 1. The van der Waals surface area contributed by atoms with E-state index in [0.29, 0.717) is 5.76 Å². The van der Waals surface area contributed by atoms with Gasteiger partial charge in [-0.15, -0.1) is 0 Å². The van der Waals surface area contributed by atoms with Gasteiger partial charge in [-0.3, -0.25) is 0 Å². The highest BCUT2D eigenvalue weighted by molar-refractivity contribution is 7.89. The van der Waals surface area contributed by atoms with Crippen LogP contribution in [-0.2, 0) is 16.6 Å². The summed E-state index contributed by atoms with van der Waals surface area (Å²) in [6.45, 7) is 5.52. The molecule has 1 heterocycles. The third kappa shape index (κ3) is 3.51. The molecular weight excluding hydrogens is 293 g/mol. The molecule has 0 unspecified atom stereocenters. The second kappa shape index (κ2) is 5.99. The smallest absolute Gasteiger partial charge is 0.243 e. The van der Waals surface area contributed by atoms with E-state index in [4.69, 9.17) is 4.42 Å². The Morgan fingerprint density at radius 1 is 1.14 bits per heavy atom. The van der Waals surface area contributed by atoms with Crippen LogP contribution in [0.2, 0.25) is 0 Å². The van der Waals surface area contributed by atoms with Crippen molar-refractivity contribution in [1.29, 1.82) is 0 Å². The number of benzene rings is 1. The Bertz CT molecular complexity index is 705. The van der Waals surface area contributed by atoms with Crippen LogP contribution in [0.1, 0.15) is 25.4 Å². The minimum Gasteiger partial charge on any atom is -0.465 e. The normalized spacial score (nSPS) is 12.3. The molecule has 1 aromatic heterocycles. The molecular formula is C15H18FNO3S. The third-order valence-electron chi connectivity index (χ3n) is 3.10. The molecule has 0 fully saturated rings. The zero-order chi connectivity index (χ0) is 15.6. The molecule has 0 amide bonds. The number of aryl methyl sites for hydroxylation is 1. The van der Waals surface area contributed by atoms with Gasteiger partial charge in [0.05, 0.1) is 11.4 Å². The van der Waals surface area contributed by atoms with Crippen LogP contribution < -0.4 is 0 Å². The minimum atomic E-state index is -3.70. The molecule has 0 saturated heterocycles. The van der Waals surface area contributed by atoms with Gasteiger partial charge >= 0.3 is 0 Å². The van der Waals surface area contributed by atoms with E-state index in [1.54, 1.807) is 32.9 Å². The molecule has 0 aliphatic heterocycles. The topological polar surface area (TPSA) is 50.5 Å². The largest absolute Gasteiger partial charge is 0.465 e. The fraction of sp³-hybridized carbons (Fsp3) is 0.333. The van der Waals surface area contributed by atoms with E-state index in [-0.39, 0.29) is 17.5 Å². The lowest BCUT2D eigenvalue weighted by Gasteiger charge is -2.25. The number of hydrogen-bond donors (Lipinski definition) is 0. The molecule has 0 saturated carbocycles. The van der Waals surface area contributed by atoms with Crippen LogP contribution in [0.25, 0.3) is 0 Å². The SMILES string of the molecule is Cc1ccc(CN(C(C)C)S(=O)(=O)c2ccc(F)cc2)o1. The van der Waals surface area contributed by atoms with E-state index in [1.165, 1.54) is 16.4 Å². The van der Waals surface area contributed by atoms with Crippen molar-refractivity contribution in [2.45, 2.75) is 38.3 Å². The number of hydrogen-bond acceptors (Lipinski definition) is 3. The first-order chi connectivity index (χ1) is 9.80. The first-order valence-corrected chi connectivity index (χ1v) is 8.07. The predicted molar refractivity (Wildman–Crippen MR) is 77.7 cm³/mol. The molecule has 0 spiro atoms. The molecule has 0 aliphatic carbocycles. The van der Waals surface area contributed by atoms with Gasteiger partial charge in [-0.2, -0.15) is 4.31 Å². The molecule has 0 atom stereocenters. The molecule has 2 aromatic rings. The minimum absolute atomic E-state index is 0.0703. The molecule has 1 aromatic carbocycles. The second-order valence-corrected chi connectivity index (χ2v) is 7.00. The summed E-state index contributed by atoms with van der Waals surface area (Å²) in [5.74, 6) is 0.839. The summed E-state index contributed by atoms with van der Waals surface area (Å²) >= 11 is 0. The number of sulfonamides is 1. The standard InChI is InChI=1S/C15H18FNO3S/c1-11(2)17(10-14-7-4-12(3)20-14)21(18,19)15-8-5-13(16)6-9-15/h4-9,11H,10H2,1-3H3. The van der Waals surface area contributed by atoms with Gasteiger partial charge in [-0.1, -0.05) is 0 Å². The molecule has 4 nitrogen and oxygen atoms in total. The Hall–Kier alpha value is -1.66. The highest BCUT2D eigenvalue weighted by atomic mass is 32.2. The van der Waals surface area contributed by atoms with E-state index < -0.39 is 15.8 Å². The molecule has 0 aliphatic rings. The summed E-state index contributed by atoms with van der Waals surface area (Å²) in [6.07, 6.45) is 0. The predicted octanol–water partition coefficient (Wildman–Crippen LogP) is 3.33. The van der Waals surface area contributed by atoms with Crippen LogP contribution >= 0.6 is 0 Å². The fourth-order valence-corrected chi connectivity index (χ4v) is 3.61. The molecule has 0 radical (unpaired) electrons. The van der Waals surface area contributed by atoms with E-state index in [9.17, 15) is 12.8 Å². The lowest BCUT2D eigenvalue weighted by Crippen LogP contribution is -2.36. The molecule has 0 bridgehead atoms. The Kier molecular flexibility index (Phi) is 4.49. The fourth-order valence-electron chi connectivity index (χ4n) is 2.01. The highest BCUT2D eigenvalue weighted by Gasteiger charge is 2.28. The number of nitrogens with zero attached hydrogens (tertiary/aromatic N) is 1. The maximum Gasteiger partial charge on any atom is 0.243 e. The zero-order valence-electron chi connectivity index (χ0n) is 12.2. The van der Waals surface area contributed by atoms with Gasteiger partial charge in [0.1, 0.15) is 17.3 Å². The van der Waals surface area contributed by atoms with Gasteiger partial charge in [0.15, 0.2) is 0 Å². The summed E-state index contributed by atoms with van der Waals surface area (Å²) in [6, 6.07) is 8.13. The first-order valence-electron chi connectivity index (χ1n) is 6.63. The van der Waals surface area contributed by atoms with Crippen molar-refractivity contribution in [3.63, 3.8) is 0 Å². The van der Waals surface area contributed by atoms with E-state index in [2.05, 4.69) is 0 Å². The Morgan fingerprint density at radius 3 is 2.24 bits per heavy atom. The van der Waals surface area contributed by atoms with Crippen molar-refractivity contribution in [3.05, 3.63) is 53.7 Å². The van der Waals surface area contributed by atoms with Gasteiger partial charge < -0.3 is 4.42 Å². The van der Waals surface area contributed by atoms with Crippen LogP contribution in [0.5, 0.6) is 0 Å². The van der Waals surface area contributed by atoms with E-state index in [1.807, 2.05) is 0 Å². The lowest BCUT2D eigenvalue weighted by molar-refractivity contribution is 0.314. The summed E-state index contributed by atoms with van der Waals surface area (Å²) < 4.78 is 45.1. The van der Waals surface area contributed by atoms with Gasteiger partial charge in [-0.25, -0.2) is 12.8 Å². The number of rotatable bonds is 5. The summed E-state index contributed by atoms with van der Waals surface area (Å²) in [5, 5.41) is 0. The van der Waals surface area contributed by atoms with Crippen LogP contribution in [0.4, 0.5) is 4.39 Å². The maximum absolute atomic E-state index is 13.0. The average molecular weight is 311 g/mol.